The summed E-state index contributed by atoms with van der Waals surface area (Å²) in [6, 6.07) is 3.67. The fourth-order valence-corrected chi connectivity index (χ4v) is 2.97. The van der Waals surface area contributed by atoms with E-state index >= 15 is 0 Å². The monoisotopic (exact) mass is 302 g/mol. The largest absolute Gasteiger partial charge is 0.397 e. The van der Waals surface area contributed by atoms with Gasteiger partial charge in [-0.05, 0) is 12.1 Å². The van der Waals surface area contributed by atoms with Crippen molar-refractivity contribution in [2.24, 2.45) is 7.05 Å². The Labute approximate surface area is 124 Å². The van der Waals surface area contributed by atoms with E-state index in [-0.39, 0.29) is 5.91 Å². The van der Waals surface area contributed by atoms with Gasteiger partial charge < -0.3 is 11.1 Å². The molecule has 3 aromatic heterocycles. The van der Waals surface area contributed by atoms with Gasteiger partial charge in [-0.15, -0.1) is 11.3 Å². The Bertz CT molecular complexity index is 793. The first-order valence-electron chi connectivity index (χ1n) is 6.41. The van der Waals surface area contributed by atoms with E-state index in [0.29, 0.717) is 29.4 Å². The molecular weight excluding hydrogens is 288 g/mol. The molecule has 0 spiro atoms. The third-order valence-corrected chi connectivity index (χ3v) is 4.12. The van der Waals surface area contributed by atoms with Gasteiger partial charge in [0, 0.05) is 31.6 Å². The lowest BCUT2D eigenvalue weighted by molar-refractivity contribution is 0.0959. The Morgan fingerprint density at radius 1 is 1.48 bits per heavy atom. The quantitative estimate of drug-likeness (QED) is 0.748. The van der Waals surface area contributed by atoms with Crippen molar-refractivity contribution in [3.8, 4) is 0 Å². The number of nitrogens with two attached hydrogens (primary N) is 1. The lowest BCUT2D eigenvalue weighted by atomic mass is 10.2. The van der Waals surface area contributed by atoms with Crippen LogP contribution in [0.3, 0.4) is 0 Å². The summed E-state index contributed by atoms with van der Waals surface area (Å²) in [5, 5.41) is 7.81. The Balaban J connectivity index is 1.68. The maximum Gasteiger partial charge on any atom is 0.263 e. The van der Waals surface area contributed by atoms with E-state index in [0.717, 1.165) is 10.2 Å². The average molecular weight is 302 g/mol. The molecule has 3 rings (SSSR count). The molecule has 3 aromatic rings. The molecule has 0 unspecified atom stereocenters. The van der Waals surface area contributed by atoms with Gasteiger partial charge in [-0.25, -0.2) is 9.97 Å². The van der Waals surface area contributed by atoms with Crippen molar-refractivity contribution < 1.29 is 4.79 Å². The van der Waals surface area contributed by atoms with Crippen LogP contribution in [-0.2, 0) is 13.5 Å². The zero-order chi connectivity index (χ0) is 14.8. The van der Waals surface area contributed by atoms with Crippen molar-refractivity contribution in [2.45, 2.75) is 6.42 Å². The van der Waals surface area contributed by atoms with Crippen LogP contribution in [0.25, 0.3) is 10.2 Å². The molecule has 0 radical (unpaired) electrons. The van der Waals surface area contributed by atoms with E-state index in [2.05, 4.69) is 20.4 Å². The number of fused-ring (bicyclic) bond motifs is 1. The Morgan fingerprint density at radius 2 is 2.33 bits per heavy atom. The Hall–Kier alpha value is -2.48. The van der Waals surface area contributed by atoms with Crippen molar-refractivity contribution in [2.75, 3.05) is 12.3 Å². The predicted octanol–water partition coefficient (Wildman–Crippen LogP) is 0.979. The van der Waals surface area contributed by atoms with E-state index in [1.165, 1.54) is 11.3 Å². The standard InChI is InChI=1S/C13H14N6OS/c1-19-7-17-9(18-19)4-6-15-12(20)11-10(14)8-3-2-5-16-13(8)21-11/h2-3,5,7H,4,6,14H2,1H3,(H,15,20). The molecule has 0 bridgehead atoms. The number of amides is 1. The highest BCUT2D eigenvalue weighted by atomic mass is 32.1. The highest BCUT2D eigenvalue weighted by Crippen LogP contribution is 2.31. The highest BCUT2D eigenvalue weighted by Gasteiger charge is 2.16. The molecule has 1 amide bonds. The number of pyridine rings is 1. The van der Waals surface area contributed by atoms with Gasteiger partial charge in [0.05, 0.1) is 5.69 Å². The van der Waals surface area contributed by atoms with Gasteiger partial charge in [0.25, 0.3) is 5.91 Å². The first-order valence-corrected chi connectivity index (χ1v) is 7.22. The van der Waals surface area contributed by atoms with Crippen LogP contribution in [0.5, 0.6) is 0 Å². The van der Waals surface area contributed by atoms with Crippen molar-refractivity contribution in [3.05, 3.63) is 35.4 Å². The van der Waals surface area contributed by atoms with E-state index < -0.39 is 0 Å². The Morgan fingerprint density at radius 3 is 3.05 bits per heavy atom. The third kappa shape index (κ3) is 2.70. The molecular formula is C13H14N6OS. The summed E-state index contributed by atoms with van der Waals surface area (Å²) < 4.78 is 1.63. The number of nitrogen functional groups attached to an aromatic ring is 1. The lowest BCUT2D eigenvalue weighted by Crippen LogP contribution is -2.25. The van der Waals surface area contributed by atoms with Crippen LogP contribution in [-0.4, -0.2) is 32.2 Å². The molecule has 3 heterocycles. The molecule has 0 fully saturated rings. The number of aromatic nitrogens is 4. The maximum absolute atomic E-state index is 12.2. The van der Waals surface area contributed by atoms with Gasteiger partial charge in [-0.1, -0.05) is 0 Å². The molecule has 8 heteroatoms. The number of nitrogens with one attached hydrogen (secondary N) is 1. The summed E-state index contributed by atoms with van der Waals surface area (Å²) in [4.78, 5) is 21.8. The summed E-state index contributed by atoms with van der Waals surface area (Å²) in [5.41, 5.74) is 6.49. The first kappa shape index (κ1) is 13.5. The zero-order valence-electron chi connectivity index (χ0n) is 11.4. The molecule has 3 N–H and O–H groups in total. The van der Waals surface area contributed by atoms with Crippen LogP contribution >= 0.6 is 11.3 Å². The number of hydrogen-bond donors (Lipinski definition) is 2. The van der Waals surface area contributed by atoms with Crippen LogP contribution in [0.2, 0.25) is 0 Å². The second-order valence-corrected chi connectivity index (χ2v) is 5.54. The first-order chi connectivity index (χ1) is 10.1. The third-order valence-electron chi connectivity index (χ3n) is 2.99. The van der Waals surface area contributed by atoms with Crippen LogP contribution in [0.1, 0.15) is 15.5 Å². The number of thiophene rings is 1. The maximum atomic E-state index is 12.2. The molecule has 0 aromatic carbocycles. The minimum Gasteiger partial charge on any atom is -0.397 e. The average Bonchev–Trinajstić information content (AvgIpc) is 3.03. The summed E-state index contributed by atoms with van der Waals surface area (Å²) in [6.07, 6.45) is 3.90. The van der Waals surface area contributed by atoms with Gasteiger partial charge >= 0.3 is 0 Å². The number of nitrogens with zero attached hydrogens (tertiary/aromatic N) is 4. The fourth-order valence-electron chi connectivity index (χ4n) is 1.99. The second-order valence-electron chi connectivity index (χ2n) is 4.54. The number of carbonyl (C=O) groups is 1. The zero-order valence-corrected chi connectivity index (χ0v) is 12.2. The topological polar surface area (TPSA) is 98.7 Å². The van der Waals surface area contributed by atoms with Crippen LogP contribution in [0, 0.1) is 0 Å². The fraction of sp³-hybridized carbons (Fsp3) is 0.231. The van der Waals surface area contributed by atoms with Crippen molar-refractivity contribution >= 4 is 33.1 Å². The predicted molar refractivity (Wildman–Crippen MR) is 81.1 cm³/mol. The normalized spacial score (nSPS) is 10.9. The van der Waals surface area contributed by atoms with Crippen LogP contribution in [0.4, 0.5) is 5.69 Å². The smallest absolute Gasteiger partial charge is 0.263 e. The number of anilines is 1. The minimum atomic E-state index is -0.188. The molecule has 0 aliphatic rings. The van der Waals surface area contributed by atoms with E-state index in [9.17, 15) is 4.79 Å². The molecule has 21 heavy (non-hydrogen) atoms. The van der Waals surface area contributed by atoms with Crippen molar-refractivity contribution in [1.82, 2.24) is 25.1 Å². The highest BCUT2D eigenvalue weighted by molar-refractivity contribution is 7.21. The van der Waals surface area contributed by atoms with Gasteiger partial charge in [0.2, 0.25) is 0 Å². The molecule has 108 valence electrons. The molecule has 0 atom stereocenters. The van der Waals surface area contributed by atoms with Crippen molar-refractivity contribution in [1.29, 1.82) is 0 Å². The molecule has 0 aliphatic carbocycles. The van der Waals surface area contributed by atoms with Gasteiger partial charge in [0.1, 0.15) is 16.0 Å². The molecule has 0 aliphatic heterocycles. The summed E-state index contributed by atoms with van der Waals surface area (Å²) >= 11 is 1.30. The SMILES string of the molecule is Cn1cnc(CCNC(=O)c2sc3ncccc3c2N)n1. The summed E-state index contributed by atoms with van der Waals surface area (Å²) in [6.45, 7) is 0.462. The summed E-state index contributed by atoms with van der Waals surface area (Å²) in [5.74, 6) is 0.509. The van der Waals surface area contributed by atoms with E-state index in [1.807, 2.05) is 6.07 Å². The second kappa shape index (κ2) is 5.49. The minimum absolute atomic E-state index is 0.188. The van der Waals surface area contributed by atoms with Crippen LogP contribution < -0.4 is 11.1 Å². The molecule has 7 nitrogen and oxygen atoms in total. The van der Waals surface area contributed by atoms with E-state index in [1.54, 1.807) is 30.3 Å². The summed E-state index contributed by atoms with van der Waals surface area (Å²) in [7, 11) is 1.81. The number of aryl methyl sites for hydroxylation is 1. The Kier molecular flexibility index (Phi) is 3.53. The number of rotatable bonds is 4. The molecule has 0 saturated heterocycles. The lowest BCUT2D eigenvalue weighted by Gasteiger charge is -2.02. The van der Waals surface area contributed by atoms with E-state index in [4.69, 9.17) is 5.73 Å². The molecule has 0 saturated carbocycles. The number of carbonyl (C=O) groups excluding carboxylic acids is 1. The van der Waals surface area contributed by atoms with Gasteiger partial charge in [-0.2, -0.15) is 5.10 Å². The number of hydrogen-bond acceptors (Lipinski definition) is 6. The van der Waals surface area contributed by atoms with Gasteiger partial charge in [0.15, 0.2) is 5.82 Å². The van der Waals surface area contributed by atoms with Gasteiger partial charge in [-0.3, -0.25) is 9.48 Å². The van der Waals surface area contributed by atoms with Crippen LogP contribution in [0.15, 0.2) is 24.7 Å². The van der Waals surface area contributed by atoms with Crippen molar-refractivity contribution in [3.63, 3.8) is 0 Å².